The van der Waals surface area contributed by atoms with Gasteiger partial charge in [0.15, 0.2) is 0 Å². The van der Waals surface area contributed by atoms with E-state index in [0.717, 1.165) is 10.8 Å². The topological polar surface area (TPSA) is 75.2 Å². The Morgan fingerprint density at radius 1 is 0.957 bits per heavy atom. The summed E-state index contributed by atoms with van der Waals surface area (Å²) in [6, 6.07) is 12.6. The van der Waals surface area contributed by atoms with Gasteiger partial charge in [0.1, 0.15) is 0 Å². The fourth-order valence-corrected chi connectivity index (χ4v) is 3.22. The highest BCUT2D eigenvalue weighted by molar-refractivity contribution is 7.92. The van der Waals surface area contributed by atoms with Gasteiger partial charge in [-0.1, -0.05) is 30.3 Å². The van der Waals surface area contributed by atoms with Crippen molar-refractivity contribution in [3.63, 3.8) is 0 Å². The fraction of sp³-hybridized carbons (Fsp3) is 0.125. The zero-order valence-electron chi connectivity index (χ0n) is 12.8. The molecule has 1 N–H and O–H groups in total. The van der Waals surface area contributed by atoms with Crippen LogP contribution in [0.15, 0.2) is 59.8 Å². The maximum absolute atomic E-state index is 12.5. The van der Waals surface area contributed by atoms with E-state index < -0.39 is 10.0 Å². The van der Waals surface area contributed by atoms with Crippen molar-refractivity contribution in [3.05, 3.63) is 54.9 Å². The summed E-state index contributed by atoms with van der Waals surface area (Å²) in [7, 11) is -0.0540. The molecule has 23 heavy (non-hydrogen) atoms. The number of nitrogens with zero attached hydrogens (tertiary/aromatic N) is 3. The van der Waals surface area contributed by atoms with Crippen LogP contribution in [0.1, 0.15) is 0 Å². The maximum Gasteiger partial charge on any atom is 0.262 e. The second kappa shape index (κ2) is 5.85. The van der Waals surface area contributed by atoms with Crippen LogP contribution in [0, 0.1) is 0 Å². The number of hydrogen-bond acceptors (Lipinski definition) is 5. The van der Waals surface area contributed by atoms with Crippen molar-refractivity contribution in [2.24, 2.45) is 0 Å². The Morgan fingerprint density at radius 2 is 1.61 bits per heavy atom. The predicted octanol–water partition coefficient (Wildman–Crippen LogP) is 2.50. The lowest BCUT2D eigenvalue weighted by Crippen LogP contribution is -2.15. The molecule has 0 saturated carbocycles. The summed E-state index contributed by atoms with van der Waals surface area (Å²) in [6.45, 7) is 0. The van der Waals surface area contributed by atoms with Crippen LogP contribution >= 0.6 is 0 Å². The first kappa shape index (κ1) is 15.2. The van der Waals surface area contributed by atoms with Gasteiger partial charge in [-0.2, -0.15) is 0 Å². The van der Waals surface area contributed by atoms with Crippen LogP contribution in [-0.4, -0.2) is 32.5 Å². The first-order valence-corrected chi connectivity index (χ1v) is 8.45. The third-order valence-electron chi connectivity index (χ3n) is 3.32. The summed E-state index contributed by atoms with van der Waals surface area (Å²) in [5.74, 6) is 0.513. The summed E-state index contributed by atoms with van der Waals surface area (Å²) in [4.78, 5) is 10.1. The number of hydrogen-bond donors (Lipinski definition) is 1. The van der Waals surface area contributed by atoms with Crippen molar-refractivity contribution < 1.29 is 8.42 Å². The lowest BCUT2D eigenvalue weighted by atomic mass is 10.1. The number of aromatic nitrogens is 2. The highest BCUT2D eigenvalue weighted by Gasteiger charge is 2.15. The van der Waals surface area contributed by atoms with Crippen LogP contribution < -0.4 is 9.62 Å². The summed E-state index contributed by atoms with van der Waals surface area (Å²) in [6.07, 6.45) is 2.89. The van der Waals surface area contributed by atoms with Crippen LogP contribution in [0.4, 0.5) is 11.6 Å². The lowest BCUT2D eigenvalue weighted by molar-refractivity contribution is 0.601. The molecule has 0 fully saturated rings. The molecule has 0 amide bonds. The number of rotatable bonds is 4. The second-order valence-corrected chi connectivity index (χ2v) is 6.96. The van der Waals surface area contributed by atoms with E-state index in [2.05, 4.69) is 14.7 Å². The quantitative estimate of drug-likeness (QED) is 0.796. The van der Waals surface area contributed by atoms with Crippen molar-refractivity contribution in [2.75, 3.05) is 23.7 Å². The largest absolute Gasteiger partial charge is 0.347 e. The van der Waals surface area contributed by atoms with Gasteiger partial charge in [0, 0.05) is 14.1 Å². The normalized spacial score (nSPS) is 11.4. The SMILES string of the molecule is CN(C)c1ncc(NS(=O)(=O)c2ccc3ccccc3c2)cn1. The molecule has 1 aromatic heterocycles. The molecule has 0 unspecified atom stereocenters. The average Bonchev–Trinajstić information content (AvgIpc) is 2.54. The van der Waals surface area contributed by atoms with Crippen molar-refractivity contribution >= 4 is 32.4 Å². The Hall–Kier alpha value is -2.67. The molecule has 0 aliphatic rings. The minimum atomic E-state index is -3.68. The van der Waals surface area contributed by atoms with Gasteiger partial charge in [-0.15, -0.1) is 0 Å². The fourth-order valence-electron chi connectivity index (χ4n) is 2.15. The van der Waals surface area contributed by atoms with Gasteiger partial charge in [-0.25, -0.2) is 18.4 Å². The van der Waals surface area contributed by atoms with Crippen molar-refractivity contribution in [1.29, 1.82) is 0 Å². The first-order chi connectivity index (χ1) is 11.0. The number of nitrogens with one attached hydrogen (secondary N) is 1. The van der Waals surface area contributed by atoms with Gasteiger partial charge in [0.25, 0.3) is 10.0 Å². The van der Waals surface area contributed by atoms with E-state index >= 15 is 0 Å². The van der Waals surface area contributed by atoms with E-state index in [9.17, 15) is 8.42 Å². The zero-order chi connectivity index (χ0) is 16.4. The standard InChI is InChI=1S/C16H16N4O2S/c1-20(2)16-17-10-14(11-18-16)19-23(21,22)15-8-7-12-5-3-4-6-13(12)9-15/h3-11,19H,1-2H3. The molecule has 2 aromatic carbocycles. The van der Waals surface area contributed by atoms with Gasteiger partial charge in [-0.3, -0.25) is 4.72 Å². The summed E-state index contributed by atoms with van der Waals surface area (Å²) in [5, 5.41) is 1.86. The average molecular weight is 328 g/mol. The molecule has 0 radical (unpaired) electrons. The molecule has 1 heterocycles. The molecule has 0 aliphatic heterocycles. The van der Waals surface area contributed by atoms with E-state index in [-0.39, 0.29) is 4.90 Å². The first-order valence-electron chi connectivity index (χ1n) is 6.97. The van der Waals surface area contributed by atoms with Crippen LogP contribution in [-0.2, 0) is 10.0 Å². The zero-order valence-corrected chi connectivity index (χ0v) is 13.6. The highest BCUT2D eigenvalue weighted by Crippen LogP contribution is 2.21. The van der Waals surface area contributed by atoms with E-state index in [1.54, 1.807) is 23.1 Å². The van der Waals surface area contributed by atoms with Crippen LogP contribution in [0.2, 0.25) is 0 Å². The Kier molecular flexibility index (Phi) is 3.87. The van der Waals surface area contributed by atoms with E-state index in [1.165, 1.54) is 12.4 Å². The van der Waals surface area contributed by atoms with Gasteiger partial charge in [0.05, 0.1) is 23.0 Å². The summed E-state index contributed by atoms with van der Waals surface area (Å²) in [5.41, 5.74) is 0.323. The molecule has 118 valence electrons. The lowest BCUT2D eigenvalue weighted by Gasteiger charge is -2.11. The van der Waals surface area contributed by atoms with E-state index in [1.807, 2.05) is 38.4 Å². The summed E-state index contributed by atoms with van der Waals surface area (Å²) < 4.78 is 27.5. The molecule has 0 atom stereocenters. The Labute approximate surface area is 134 Å². The molecule has 0 bridgehead atoms. The van der Waals surface area contributed by atoms with Crippen LogP contribution in [0.5, 0.6) is 0 Å². The van der Waals surface area contributed by atoms with Gasteiger partial charge < -0.3 is 4.90 Å². The molecule has 0 saturated heterocycles. The van der Waals surface area contributed by atoms with Gasteiger partial charge in [-0.05, 0) is 22.9 Å². The number of sulfonamides is 1. The maximum atomic E-state index is 12.5. The third kappa shape index (κ3) is 3.24. The molecular formula is C16H16N4O2S. The Morgan fingerprint density at radius 3 is 2.26 bits per heavy atom. The van der Waals surface area contributed by atoms with E-state index in [0.29, 0.717) is 11.6 Å². The smallest absolute Gasteiger partial charge is 0.262 e. The second-order valence-electron chi connectivity index (χ2n) is 5.28. The molecule has 6 nitrogen and oxygen atoms in total. The number of fused-ring (bicyclic) bond motifs is 1. The number of anilines is 2. The third-order valence-corrected chi connectivity index (χ3v) is 4.70. The molecule has 7 heteroatoms. The number of benzene rings is 2. The monoisotopic (exact) mass is 328 g/mol. The van der Waals surface area contributed by atoms with Crippen LogP contribution in [0.3, 0.4) is 0 Å². The molecule has 3 aromatic rings. The molecule has 3 rings (SSSR count). The predicted molar refractivity (Wildman–Crippen MR) is 91.1 cm³/mol. The van der Waals surface area contributed by atoms with Crippen molar-refractivity contribution in [3.8, 4) is 0 Å². The minimum absolute atomic E-state index is 0.202. The van der Waals surface area contributed by atoms with Crippen molar-refractivity contribution in [2.45, 2.75) is 4.90 Å². The Balaban J connectivity index is 1.90. The van der Waals surface area contributed by atoms with Gasteiger partial charge >= 0.3 is 0 Å². The van der Waals surface area contributed by atoms with E-state index in [4.69, 9.17) is 0 Å². The van der Waals surface area contributed by atoms with Crippen LogP contribution in [0.25, 0.3) is 10.8 Å². The van der Waals surface area contributed by atoms with Gasteiger partial charge in [0.2, 0.25) is 5.95 Å². The minimum Gasteiger partial charge on any atom is -0.347 e. The highest BCUT2D eigenvalue weighted by atomic mass is 32.2. The van der Waals surface area contributed by atoms with Crippen molar-refractivity contribution in [1.82, 2.24) is 9.97 Å². The summed E-state index contributed by atoms with van der Waals surface area (Å²) >= 11 is 0. The molecule has 0 spiro atoms. The Bertz CT molecular complexity index is 938. The molecular weight excluding hydrogens is 312 g/mol. The molecule has 0 aliphatic carbocycles.